The molecule has 1 rings (SSSR count). The molecule has 2 heteroatoms. The first kappa shape index (κ1) is 9.33. The number of aromatic nitrogens is 1. The maximum absolute atomic E-state index is 10.0. The lowest BCUT2D eigenvalue weighted by molar-refractivity contribution is -0.0249. The third-order valence-electron chi connectivity index (χ3n) is 2.42. The average Bonchev–Trinajstić information content (AvgIpc) is 2.31. The van der Waals surface area contributed by atoms with Crippen molar-refractivity contribution in [3.8, 4) is 0 Å². The van der Waals surface area contributed by atoms with E-state index >= 15 is 0 Å². The third-order valence-corrected chi connectivity index (χ3v) is 2.42. The van der Waals surface area contributed by atoms with Gasteiger partial charge in [0.2, 0.25) is 0 Å². The summed E-state index contributed by atoms with van der Waals surface area (Å²) in [5.41, 5.74) is 1.48. The Hall–Kier alpha value is -0.760. The Morgan fingerprint density at radius 2 is 1.75 bits per heavy atom. The molecule has 68 valence electrons. The molecule has 0 aromatic carbocycles. The van der Waals surface area contributed by atoms with Crippen LogP contribution < -0.4 is 0 Å². The summed E-state index contributed by atoms with van der Waals surface area (Å²) in [5.74, 6) is 0. The van der Waals surface area contributed by atoms with E-state index in [1.807, 2.05) is 44.4 Å². The van der Waals surface area contributed by atoms with Crippen LogP contribution in [0, 0.1) is 13.8 Å². The predicted molar refractivity (Wildman–Crippen MR) is 50.1 cm³/mol. The molecule has 0 saturated carbocycles. The quantitative estimate of drug-likeness (QED) is 0.717. The van der Waals surface area contributed by atoms with Crippen LogP contribution in [0.2, 0.25) is 0 Å². The van der Waals surface area contributed by atoms with Crippen molar-refractivity contribution < 1.29 is 5.11 Å². The molecule has 0 spiro atoms. The fourth-order valence-electron chi connectivity index (χ4n) is 1.59. The zero-order chi connectivity index (χ0) is 9.35. The Balaban J connectivity index is 3.17. The average molecular weight is 167 g/mol. The first-order valence-corrected chi connectivity index (χ1v) is 4.37. The van der Waals surface area contributed by atoms with Gasteiger partial charge >= 0.3 is 0 Å². The van der Waals surface area contributed by atoms with Crippen LogP contribution in [-0.2, 0) is 5.72 Å². The second kappa shape index (κ2) is 2.94. The minimum Gasteiger partial charge on any atom is -0.371 e. The number of hydrogen-bond donors (Lipinski definition) is 1. The van der Waals surface area contributed by atoms with Crippen LogP contribution in [-0.4, -0.2) is 9.67 Å². The van der Waals surface area contributed by atoms with Gasteiger partial charge in [-0.1, -0.05) is 6.92 Å². The maximum atomic E-state index is 10.0. The number of nitrogens with zero attached hydrogens (tertiary/aromatic N) is 1. The number of aryl methyl sites for hydroxylation is 2. The van der Waals surface area contributed by atoms with Crippen LogP contribution in [0.15, 0.2) is 12.1 Å². The van der Waals surface area contributed by atoms with Crippen molar-refractivity contribution >= 4 is 0 Å². The van der Waals surface area contributed by atoms with Gasteiger partial charge in [0.05, 0.1) is 0 Å². The van der Waals surface area contributed by atoms with Gasteiger partial charge in [-0.15, -0.1) is 0 Å². The third kappa shape index (κ3) is 1.39. The van der Waals surface area contributed by atoms with E-state index < -0.39 is 5.72 Å². The van der Waals surface area contributed by atoms with Crippen molar-refractivity contribution in [2.45, 2.75) is 39.8 Å². The van der Waals surface area contributed by atoms with E-state index in [9.17, 15) is 5.11 Å². The zero-order valence-corrected chi connectivity index (χ0v) is 8.26. The van der Waals surface area contributed by atoms with Gasteiger partial charge in [-0.25, -0.2) is 0 Å². The smallest absolute Gasteiger partial charge is 0.138 e. The summed E-state index contributed by atoms with van der Waals surface area (Å²) in [7, 11) is 0. The minimum atomic E-state index is -0.738. The zero-order valence-electron chi connectivity index (χ0n) is 8.26. The molecule has 1 atom stereocenters. The molecule has 1 N–H and O–H groups in total. The fraction of sp³-hybridized carbons (Fsp3) is 0.600. The summed E-state index contributed by atoms with van der Waals surface area (Å²) in [4.78, 5) is 0. The van der Waals surface area contributed by atoms with Crippen molar-refractivity contribution in [1.29, 1.82) is 0 Å². The molecule has 2 nitrogen and oxygen atoms in total. The number of hydrogen-bond acceptors (Lipinski definition) is 1. The molecule has 1 aromatic rings. The van der Waals surface area contributed by atoms with Gasteiger partial charge in [0.1, 0.15) is 5.72 Å². The van der Waals surface area contributed by atoms with E-state index in [0.29, 0.717) is 0 Å². The van der Waals surface area contributed by atoms with Crippen LogP contribution in [0.4, 0.5) is 0 Å². The molecular formula is C10H17NO. The topological polar surface area (TPSA) is 25.2 Å². The molecule has 12 heavy (non-hydrogen) atoms. The lowest BCUT2D eigenvalue weighted by Crippen LogP contribution is -2.30. The Labute approximate surface area is 73.8 Å². The van der Waals surface area contributed by atoms with E-state index in [1.165, 1.54) is 0 Å². The van der Waals surface area contributed by atoms with Crippen LogP contribution in [0.25, 0.3) is 0 Å². The monoisotopic (exact) mass is 167 g/mol. The lowest BCUT2D eigenvalue weighted by atomic mass is 10.2. The van der Waals surface area contributed by atoms with Gasteiger partial charge in [-0.05, 0) is 39.3 Å². The Kier molecular flexibility index (Phi) is 2.29. The maximum Gasteiger partial charge on any atom is 0.138 e. The van der Waals surface area contributed by atoms with Crippen LogP contribution >= 0.6 is 0 Å². The van der Waals surface area contributed by atoms with Gasteiger partial charge in [0, 0.05) is 11.4 Å². The highest BCUT2D eigenvalue weighted by Gasteiger charge is 2.22. The molecule has 1 unspecified atom stereocenters. The second-order valence-electron chi connectivity index (χ2n) is 3.52. The van der Waals surface area contributed by atoms with Crippen LogP contribution in [0.3, 0.4) is 0 Å². The first-order chi connectivity index (χ1) is 5.49. The lowest BCUT2D eigenvalue weighted by Gasteiger charge is -2.27. The van der Waals surface area contributed by atoms with Crippen molar-refractivity contribution in [2.75, 3.05) is 0 Å². The molecule has 0 fully saturated rings. The molecule has 0 aliphatic carbocycles. The SMILES string of the molecule is CCC(C)(O)n1c(C)ccc1C. The molecule has 0 amide bonds. The van der Waals surface area contributed by atoms with E-state index in [2.05, 4.69) is 0 Å². The summed E-state index contributed by atoms with van der Waals surface area (Å²) in [5, 5.41) is 10.0. The van der Waals surface area contributed by atoms with E-state index in [-0.39, 0.29) is 0 Å². The van der Waals surface area contributed by atoms with Gasteiger partial charge in [0.15, 0.2) is 0 Å². The molecule has 1 aromatic heterocycles. The summed E-state index contributed by atoms with van der Waals surface area (Å²) in [6, 6.07) is 4.05. The van der Waals surface area contributed by atoms with Gasteiger partial charge < -0.3 is 9.67 Å². The van der Waals surface area contributed by atoms with Gasteiger partial charge in [0.25, 0.3) is 0 Å². The fourth-order valence-corrected chi connectivity index (χ4v) is 1.59. The minimum absolute atomic E-state index is 0.726. The van der Waals surface area contributed by atoms with Crippen molar-refractivity contribution in [3.05, 3.63) is 23.5 Å². The first-order valence-electron chi connectivity index (χ1n) is 4.37. The normalized spacial score (nSPS) is 16.1. The van der Waals surface area contributed by atoms with Gasteiger partial charge in [-0.2, -0.15) is 0 Å². The van der Waals surface area contributed by atoms with E-state index in [1.54, 1.807) is 0 Å². The van der Waals surface area contributed by atoms with Crippen LogP contribution in [0.1, 0.15) is 31.7 Å². The molecule has 0 aliphatic heterocycles. The van der Waals surface area contributed by atoms with Crippen LogP contribution in [0.5, 0.6) is 0 Å². The Morgan fingerprint density at radius 1 is 1.33 bits per heavy atom. The Bertz CT molecular complexity index is 254. The molecule has 0 bridgehead atoms. The van der Waals surface area contributed by atoms with Crippen molar-refractivity contribution in [1.82, 2.24) is 4.57 Å². The largest absolute Gasteiger partial charge is 0.371 e. The molecule has 0 aliphatic rings. The molecule has 0 radical (unpaired) electrons. The highest BCUT2D eigenvalue weighted by molar-refractivity contribution is 5.15. The highest BCUT2D eigenvalue weighted by Crippen LogP contribution is 2.21. The predicted octanol–water partition coefficient (Wildman–Crippen LogP) is 2.18. The molecular weight excluding hydrogens is 150 g/mol. The second-order valence-corrected chi connectivity index (χ2v) is 3.52. The van der Waals surface area contributed by atoms with Crippen molar-refractivity contribution in [3.63, 3.8) is 0 Å². The summed E-state index contributed by atoms with van der Waals surface area (Å²) < 4.78 is 1.97. The highest BCUT2D eigenvalue weighted by atomic mass is 16.3. The Morgan fingerprint density at radius 3 is 2.08 bits per heavy atom. The van der Waals surface area contributed by atoms with Crippen molar-refractivity contribution in [2.24, 2.45) is 0 Å². The molecule has 0 saturated heterocycles. The van der Waals surface area contributed by atoms with E-state index in [0.717, 1.165) is 17.8 Å². The summed E-state index contributed by atoms with van der Waals surface area (Å²) in [6.07, 6.45) is 0.726. The standard InChI is InChI=1S/C10H17NO/c1-5-10(4,12)11-8(2)6-7-9(11)3/h6-7,12H,5H2,1-4H3. The van der Waals surface area contributed by atoms with Gasteiger partial charge in [-0.3, -0.25) is 0 Å². The number of aliphatic hydroxyl groups is 1. The molecule has 1 heterocycles. The number of rotatable bonds is 2. The summed E-state index contributed by atoms with van der Waals surface area (Å²) >= 11 is 0. The van der Waals surface area contributed by atoms with E-state index in [4.69, 9.17) is 0 Å². The summed E-state index contributed by atoms with van der Waals surface area (Å²) in [6.45, 7) is 7.85.